The van der Waals surface area contributed by atoms with Gasteiger partial charge in [-0.15, -0.1) is 0 Å². The summed E-state index contributed by atoms with van der Waals surface area (Å²) in [5.41, 5.74) is 5.69. The van der Waals surface area contributed by atoms with E-state index in [0.717, 1.165) is 5.56 Å². The van der Waals surface area contributed by atoms with Crippen LogP contribution in [0, 0.1) is 6.42 Å². The molecule has 18 heavy (non-hydrogen) atoms. The van der Waals surface area contributed by atoms with Crippen LogP contribution in [0.4, 0.5) is 4.79 Å². The summed E-state index contributed by atoms with van der Waals surface area (Å²) in [7, 11) is 0. The summed E-state index contributed by atoms with van der Waals surface area (Å²) >= 11 is 0. The van der Waals surface area contributed by atoms with Crippen LogP contribution in [-0.4, -0.2) is 29.9 Å². The lowest BCUT2D eigenvalue weighted by Gasteiger charge is -2.10. The second kappa shape index (κ2) is 7.29. The Balaban J connectivity index is 2.25. The van der Waals surface area contributed by atoms with Crippen molar-refractivity contribution in [2.24, 2.45) is 5.73 Å². The first-order valence-corrected chi connectivity index (χ1v) is 5.35. The number of aliphatic hydroxyl groups is 1. The molecule has 1 radical (unpaired) electrons. The second-order valence-electron chi connectivity index (χ2n) is 3.52. The molecule has 0 spiro atoms. The molecule has 0 saturated heterocycles. The number of amides is 2. The molecule has 0 fully saturated rings. The number of rotatable bonds is 6. The number of hydrogen-bond acceptors (Lipinski definition) is 4. The predicted octanol–water partition coefficient (Wildman–Crippen LogP) is -0.0367. The molecule has 0 saturated carbocycles. The van der Waals surface area contributed by atoms with E-state index in [-0.39, 0.29) is 6.73 Å². The Hall–Kier alpha value is -2.08. The summed E-state index contributed by atoms with van der Waals surface area (Å²) < 4.78 is 4.31. The number of nitrogens with two attached hydrogens (primary N) is 1. The van der Waals surface area contributed by atoms with E-state index < -0.39 is 18.1 Å². The van der Waals surface area contributed by atoms with E-state index in [0.29, 0.717) is 6.42 Å². The quantitative estimate of drug-likeness (QED) is 0.617. The van der Waals surface area contributed by atoms with Crippen LogP contribution in [0.3, 0.4) is 0 Å². The number of hydrogen-bond donors (Lipinski definition) is 3. The maximum Gasteiger partial charge on any atom is 0.406 e. The maximum absolute atomic E-state index is 11.3. The number of carbonyl (C=O) groups excluding carboxylic acids is 2. The van der Waals surface area contributed by atoms with Crippen LogP contribution >= 0.6 is 0 Å². The van der Waals surface area contributed by atoms with Gasteiger partial charge in [0.25, 0.3) is 5.91 Å². The highest BCUT2D eigenvalue weighted by Gasteiger charge is 2.14. The Morgan fingerprint density at radius 3 is 2.67 bits per heavy atom. The Kier molecular flexibility index (Phi) is 5.66. The van der Waals surface area contributed by atoms with Gasteiger partial charge in [-0.1, -0.05) is 30.3 Å². The van der Waals surface area contributed by atoms with Gasteiger partial charge in [0.1, 0.15) is 6.10 Å². The molecule has 97 valence electrons. The zero-order valence-corrected chi connectivity index (χ0v) is 9.70. The highest BCUT2D eigenvalue weighted by atomic mass is 16.6. The molecule has 0 aliphatic heterocycles. The fourth-order valence-corrected chi connectivity index (χ4v) is 1.25. The van der Waals surface area contributed by atoms with Crippen LogP contribution in [0.15, 0.2) is 30.3 Å². The van der Waals surface area contributed by atoms with Crippen LogP contribution in [0.2, 0.25) is 0 Å². The molecule has 6 heteroatoms. The van der Waals surface area contributed by atoms with Crippen molar-refractivity contribution in [2.75, 3.05) is 6.73 Å². The van der Waals surface area contributed by atoms with Crippen molar-refractivity contribution in [3.05, 3.63) is 42.3 Å². The molecule has 4 N–H and O–H groups in total. The maximum atomic E-state index is 11.3. The highest BCUT2D eigenvalue weighted by molar-refractivity contribution is 5.81. The second-order valence-corrected chi connectivity index (χ2v) is 3.52. The molecule has 1 atom stereocenters. The standard InChI is InChI=1S/C12H15N2O4/c13-12(17)18-8-14-11(16)10(15)7-6-9-4-2-1-3-5-9/h1-5,7,10,15H,6,8H2,(H2,13,17)(H,14,16)/t10-/m0/s1. The minimum Gasteiger partial charge on any atom is -0.428 e. The summed E-state index contributed by atoms with van der Waals surface area (Å²) in [6.07, 6.45) is -0.333. The Labute approximate surface area is 105 Å². The van der Waals surface area contributed by atoms with Gasteiger partial charge >= 0.3 is 6.09 Å². The van der Waals surface area contributed by atoms with Crippen molar-refractivity contribution in [2.45, 2.75) is 12.5 Å². The Morgan fingerprint density at radius 1 is 1.39 bits per heavy atom. The first kappa shape index (κ1) is 14.0. The van der Waals surface area contributed by atoms with Crippen LogP contribution in [0.25, 0.3) is 0 Å². The number of benzene rings is 1. The smallest absolute Gasteiger partial charge is 0.406 e. The topological polar surface area (TPSA) is 102 Å². The zero-order chi connectivity index (χ0) is 13.4. The Bertz CT molecular complexity index is 394. The highest BCUT2D eigenvalue weighted by Crippen LogP contribution is 2.04. The molecule has 0 unspecified atom stereocenters. The molecule has 0 aromatic heterocycles. The SMILES string of the molecule is NC(=O)OCNC(=O)[C@@H](O)[CH]Cc1ccccc1. The van der Waals surface area contributed by atoms with E-state index in [1.54, 1.807) is 0 Å². The van der Waals surface area contributed by atoms with Gasteiger partial charge in [0.05, 0.1) is 0 Å². The van der Waals surface area contributed by atoms with Crippen molar-refractivity contribution in [1.82, 2.24) is 5.32 Å². The average Bonchev–Trinajstić information content (AvgIpc) is 2.36. The number of nitrogens with one attached hydrogen (secondary N) is 1. The third-order valence-corrected chi connectivity index (χ3v) is 2.15. The van der Waals surface area contributed by atoms with Gasteiger partial charge in [0, 0.05) is 6.42 Å². The number of carbonyl (C=O) groups is 2. The molecule has 6 nitrogen and oxygen atoms in total. The normalized spacial score (nSPS) is 11.6. The predicted molar refractivity (Wildman–Crippen MR) is 64.1 cm³/mol. The van der Waals surface area contributed by atoms with E-state index in [4.69, 9.17) is 5.73 Å². The van der Waals surface area contributed by atoms with Crippen LogP contribution in [0.1, 0.15) is 5.56 Å². The van der Waals surface area contributed by atoms with E-state index >= 15 is 0 Å². The third kappa shape index (κ3) is 5.31. The molecular weight excluding hydrogens is 236 g/mol. The minimum atomic E-state index is -1.26. The van der Waals surface area contributed by atoms with Crippen LogP contribution < -0.4 is 11.1 Å². The molecule has 2 amide bonds. The summed E-state index contributed by atoms with van der Waals surface area (Å²) in [5, 5.41) is 11.7. The lowest BCUT2D eigenvalue weighted by atomic mass is 10.1. The lowest BCUT2D eigenvalue weighted by Crippen LogP contribution is -2.37. The van der Waals surface area contributed by atoms with Gasteiger partial charge in [-0.3, -0.25) is 4.79 Å². The molecule has 1 aromatic carbocycles. The molecule has 1 aromatic rings. The van der Waals surface area contributed by atoms with Crippen LogP contribution in [-0.2, 0) is 16.0 Å². The summed E-state index contributed by atoms with van der Waals surface area (Å²) in [5.74, 6) is -0.646. The van der Waals surface area contributed by atoms with Crippen LogP contribution in [0.5, 0.6) is 0 Å². The van der Waals surface area contributed by atoms with E-state index in [9.17, 15) is 14.7 Å². The average molecular weight is 251 g/mol. The summed E-state index contributed by atoms with van der Waals surface area (Å²) in [6, 6.07) is 9.40. The van der Waals surface area contributed by atoms with Gasteiger partial charge in [-0.2, -0.15) is 0 Å². The zero-order valence-electron chi connectivity index (χ0n) is 9.70. The molecular formula is C12H15N2O4. The van der Waals surface area contributed by atoms with Gasteiger partial charge in [0.15, 0.2) is 6.73 Å². The van der Waals surface area contributed by atoms with Crippen molar-refractivity contribution in [1.29, 1.82) is 0 Å². The Morgan fingerprint density at radius 2 is 2.06 bits per heavy atom. The molecule has 0 bridgehead atoms. The summed E-state index contributed by atoms with van der Waals surface area (Å²) in [6.45, 7) is -0.357. The molecule has 0 heterocycles. The first-order chi connectivity index (χ1) is 8.59. The van der Waals surface area contributed by atoms with Crippen molar-refractivity contribution < 1.29 is 19.4 Å². The monoisotopic (exact) mass is 251 g/mol. The molecule has 0 aliphatic rings. The summed E-state index contributed by atoms with van der Waals surface area (Å²) in [4.78, 5) is 21.6. The van der Waals surface area contributed by atoms with Crippen molar-refractivity contribution in [3.8, 4) is 0 Å². The fourth-order valence-electron chi connectivity index (χ4n) is 1.25. The van der Waals surface area contributed by atoms with Gasteiger partial charge in [0.2, 0.25) is 0 Å². The van der Waals surface area contributed by atoms with E-state index in [2.05, 4.69) is 10.1 Å². The van der Waals surface area contributed by atoms with Gasteiger partial charge < -0.3 is 20.9 Å². The number of ether oxygens (including phenoxy) is 1. The number of primary amides is 1. The molecule has 0 aliphatic carbocycles. The van der Waals surface area contributed by atoms with Gasteiger partial charge in [-0.05, 0) is 12.0 Å². The largest absolute Gasteiger partial charge is 0.428 e. The van der Waals surface area contributed by atoms with Crippen molar-refractivity contribution >= 4 is 12.0 Å². The number of aliphatic hydroxyl groups excluding tert-OH is 1. The minimum absolute atomic E-state index is 0.357. The van der Waals surface area contributed by atoms with E-state index in [1.165, 1.54) is 6.42 Å². The fraction of sp³-hybridized carbons (Fsp3) is 0.250. The first-order valence-electron chi connectivity index (χ1n) is 5.35. The third-order valence-electron chi connectivity index (χ3n) is 2.15. The van der Waals surface area contributed by atoms with Gasteiger partial charge in [-0.25, -0.2) is 4.79 Å². The van der Waals surface area contributed by atoms with Crippen molar-refractivity contribution in [3.63, 3.8) is 0 Å². The molecule has 1 rings (SSSR count). The lowest BCUT2D eigenvalue weighted by molar-refractivity contribution is -0.128. The van der Waals surface area contributed by atoms with E-state index in [1.807, 2.05) is 30.3 Å².